The zero-order chi connectivity index (χ0) is 8.85. The molecule has 0 radical (unpaired) electrons. The average Bonchev–Trinajstić information content (AvgIpc) is 1.87. The summed E-state index contributed by atoms with van der Waals surface area (Å²) in [6, 6.07) is 0.249. The lowest BCUT2D eigenvalue weighted by atomic mass is 10.1. The molecular weight excluding hydrogens is 138 g/mol. The van der Waals surface area contributed by atoms with Crippen molar-refractivity contribution in [3.05, 3.63) is 0 Å². The van der Waals surface area contributed by atoms with E-state index in [1.165, 1.54) is 0 Å². The van der Waals surface area contributed by atoms with Gasteiger partial charge in [0.25, 0.3) is 0 Å². The molecule has 0 fully saturated rings. The lowest BCUT2D eigenvalue weighted by Crippen LogP contribution is -2.16. The Kier molecular flexibility index (Phi) is 4.50. The van der Waals surface area contributed by atoms with Gasteiger partial charge in [-0.3, -0.25) is 0 Å². The summed E-state index contributed by atoms with van der Waals surface area (Å²) in [6.45, 7) is 8.07. The van der Waals surface area contributed by atoms with Crippen LogP contribution in [0.25, 0.3) is 0 Å². The molecule has 2 N–H and O–H groups in total. The van der Waals surface area contributed by atoms with Crippen LogP contribution in [0, 0.1) is 5.92 Å². The van der Waals surface area contributed by atoms with Gasteiger partial charge in [-0.25, -0.2) is 9.98 Å². The van der Waals surface area contributed by atoms with Gasteiger partial charge in [-0.05, 0) is 19.8 Å². The van der Waals surface area contributed by atoms with E-state index in [2.05, 4.69) is 23.8 Å². The molecule has 0 saturated heterocycles. The fraction of sp³-hybridized carbons (Fsp3) is 0.750. The fourth-order valence-electron chi connectivity index (χ4n) is 0.523. The predicted molar refractivity (Wildman–Crippen MR) is 50.1 cm³/mol. The highest BCUT2D eigenvalue weighted by molar-refractivity contribution is 5.85. The molecule has 0 aromatic carbocycles. The Morgan fingerprint density at radius 1 is 1.36 bits per heavy atom. The van der Waals surface area contributed by atoms with E-state index in [9.17, 15) is 0 Å². The van der Waals surface area contributed by atoms with E-state index < -0.39 is 0 Å². The van der Waals surface area contributed by atoms with Crippen LogP contribution in [-0.4, -0.2) is 18.2 Å². The third-order valence-electron chi connectivity index (χ3n) is 1.56. The second kappa shape index (κ2) is 4.88. The quantitative estimate of drug-likeness (QED) is 0.476. The maximum absolute atomic E-state index is 5.48. The number of hydrogen-bond acceptors (Lipinski definition) is 1. The molecule has 11 heavy (non-hydrogen) atoms. The summed E-state index contributed by atoms with van der Waals surface area (Å²) in [5.74, 6) is 0.884. The Hall–Kier alpha value is -0.860. The molecule has 0 heterocycles. The largest absolute Gasteiger partial charge is 0.368 e. The maximum atomic E-state index is 5.48. The molecule has 0 aliphatic rings. The topological polar surface area (TPSA) is 50.7 Å². The number of nitrogens with two attached hydrogens (primary N) is 1. The van der Waals surface area contributed by atoms with E-state index >= 15 is 0 Å². The van der Waals surface area contributed by atoms with Crippen molar-refractivity contribution in [3.63, 3.8) is 0 Å². The Bertz CT molecular complexity index is 159. The van der Waals surface area contributed by atoms with E-state index in [0.29, 0.717) is 11.9 Å². The number of guanidine groups is 1. The van der Waals surface area contributed by atoms with E-state index in [1.807, 2.05) is 13.8 Å². The highest BCUT2D eigenvalue weighted by Gasteiger charge is 2.04. The van der Waals surface area contributed by atoms with Gasteiger partial charge in [0.15, 0.2) is 0 Å². The normalized spacial score (nSPS) is 16.3. The Morgan fingerprint density at radius 3 is 2.27 bits per heavy atom. The van der Waals surface area contributed by atoms with Crippen LogP contribution in [0.5, 0.6) is 0 Å². The fourth-order valence-corrected chi connectivity index (χ4v) is 0.523. The molecule has 0 saturated carbocycles. The van der Waals surface area contributed by atoms with Crippen LogP contribution >= 0.6 is 0 Å². The van der Waals surface area contributed by atoms with E-state index in [-0.39, 0.29) is 6.04 Å². The van der Waals surface area contributed by atoms with Gasteiger partial charge in [0.2, 0.25) is 5.96 Å². The second-order valence-corrected chi connectivity index (χ2v) is 2.86. The van der Waals surface area contributed by atoms with Crippen LogP contribution in [0.15, 0.2) is 9.98 Å². The molecule has 1 atom stereocenters. The van der Waals surface area contributed by atoms with E-state index in [4.69, 9.17) is 5.73 Å². The molecule has 0 aliphatic heterocycles. The Balaban J connectivity index is 4.07. The van der Waals surface area contributed by atoms with Crippen molar-refractivity contribution < 1.29 is 0 Å². The molecule has 0 aromatic heterocycles. The maximum Gasteiger partial charge on any atom is 0.215 e. The highest BCUT2D eigenvalue weighted by atomic mass is 15.0. The molecule has 0 aliphatic carbocycles. The van der Waals surface area contributed by atoms with Crippen LogP contribution < -0.4 is 5.73 Å². The SMILES string of the molecule is C/C=N\C(N)=N/[C@H](C)C(C)C. The lowest BCUT2D eigenvalue weighted by Gasteiger charge is -2.09. The Labute approximate surface area is 68.4 Å². The van der Waals surface area contributed by atoms with Gasteiger partial charge in [0.1, 0.15) is 0 Å². The molecule has 0 unspecified atom stereocenters. The molecule has 64 valence electrons. The smallest absolute Gasteiger partial charge is 0.215 e. The van der Waals surface area contributed by atoms with Crippen LogP contribution in [0.2, 0.25) is 0 Å². The van der Waals surface area contributed by atoms with Crippen molar-refractivity contribution in [2.24, 2.45) is 21.6 Å². The second-order valence-electron chi connectivity index (χ2n) is 2.86. The molecular formula is C8H17N3. The average molecular weight is 155 g/mol. The van der Waals surface area contributed by atoms with Crippen LogP contribution in [-0.2, 0) is 0 Å². The summed E-state index contributed by atoms with van der Waals surface area (Å²) in [5.41, 5.74) is 5.48. The van der Waals surface area contributed by atoms with Crippen LogP contribution in [0.3, 0.4) is 0 Å². The minimum absolute atomic E-state index is 0.249. The first kappa shape index (κ1) is 10.1. The number of hydrogen-bond donors (Lipinski definition) is 1. The minimum atomic E-state index is 0.249. The highest BCUT2D eigenvalue weighted by Crippen LogP contribution is 2.04. The zero-order valence-corrected chi connectivity index (χ0v) is 7.70. The summed E-state index contributed by atoms with van der Waals surface area (Å²) >= 11 is 0. The van der Waals surface area contributed by atoms with Crippen LogP contribution in [0.1, 0.15) is 27.7 Å². The zero-order valence-electron chi connectivity index (χ0n) is 7.70. The third-order valence-corrected chi connectivity index (χ3v) is 1.56. The number of aliphatic imine (C=N–C) groups is 2. The van der Waals surface area contributed by atoms with Crippen LogP contribution in [0.4, 0.5) is 0 Å². The first-order chi connectivity index (χ1) is 5.07. The van der Waals surface area contributed by atoms with Gasteiger partial charge in [-0.2, -0.15) is 0 Å². The molecule has 0 aromatic rings. The van der Waals surface area contributed by atoms with Crippen molar-refractivity contribution in [1.29, 1.82) is 0 Å². The standard InChI is InChI=1S/C8H17N3/c1-5-10-8(9)11-7(4)6(2)3/h5-7H,1-4H3,(H2,9,11)/b10-5-/t7-/m1/s1. The van der Waals surface area contributed by atoms with Crippen molar-refractivity contribution in [1.82, 2.24) is 0 Å². The van der Waals surface area contributed by atoms with Gasteiger partial charge in [-0.1, -0.05) is 13.8 Å². The van der Waals surface area contributed by atoms with Crippen molar-refractivity contribution in [2.75, 3.05) is 0 Å². The minimum Gasteiger partial charge on any atom is -0.368 e. The number of rotatable bonds is 2. The number of nitrogens with zero attached hydrogens (tertiary/aromatic N) is 2. The van der Waals surface area contributed by atoms with Gasteiger partial charge < -0.3 is 5.73 Å². The van der Waals surface area contributed by atoms with Gasteiger partial charge in [0, 0.05) is 6.21 Å². The summed E-state index contributed by atoms with van der Waals surface area (Å²) < 4.78 is 0. The van der Waals surface area contributed by atoms with Crippen molar-refractivity contribution in [2.45, 2.75) is 33.7 Å². The summed E-state index contributed by atoms with van der Waals surface area (Å²) in [5, 5.41) is 0. The molecule has 3 heteroatoms. The molecule has 3 nitrogen and oxygen atoms in total. The summed E-state index contributed by atoms with van der Waals surface area (Å²) in [6.07, 6.45) is 1.64. The molecule has 0 spiro atoms. The van der Waals surface area contributed by atoms with E-state index in [0.717, 1.165) is 0 Å². The Morgan fingerprint density at radius 2 is 1.91 bits per heavy atom. The van der Waals surface area contributed by atoms with Crippen molar-refractivity contribution >= 4 is 12.2 Å². The summed E-state index contributed by atoms with van der Waals surface area (Å²) in [7, 11) is 0. The molecule has 0 amide bonds. The van der Waals surface area contributed by atoms with Gasteiger partial charge >= 0.3 is 0 Å². The lowest BCUT2D eigenvalue weighted by molar-refractivity contribution is 0.530. The van der Waals surface area contributed by atoms with Crippen molar-refractivity contribution in [3.8, 4) is 0 Å². The monoisotopic (exact) mass is 155 g/mol. The molecule has 0 bridgehead atoms. The van der Waals surface area contributed by atoms with Gasteiger partial charge in [0.05, 0.1) is 6.04 Å². The first-order valence-corrected chi connectivity index (χ1v) is 3.90. The molecule has 0 rings (SSSR count). The van der Waals surface area contributed by atoms with Gasteiger partial charge in [-0.15, -0.1) is 0 Å². The van der Waals surface area contributed by atoms with E-state index in [1.54, 1.807) is 6.21 Å². The summed E-state index contributed by atoms with van der Waals surface area (Å²) in [4.78, 5) is 8.01. The predicted octanol–water partition coefficient (Wildman–Crippen LogP) is 1.44. The third kappa shape index (κ3) is 4.53. The first-order valence-electron chi connectivity index (χ1n) is 3.90.